The van der Waals surface area contributed by atoms with Crippen LogP contribution in [0.1, 0.15) is 34.8 Å². The fraction of sp³-hybridized carbons (Fsp3) is 0.333. The van der Waals surface area contributed by atoms with Crippen molar-refractivity contribution in [3.63, 3.8) is 0 Å². The molecule has 0 aliphatic rings. The zero-order valence-electron chi connectivity index (χ0n) is 12.4. The number of aliphatic hydroxyl groups excluding tert-OH is 1. The molecule has 2 aromatic carbocycles. The lowest BCUT2D eigenvalue weighted by atomic mass is 9.96. The largest absolute Gasteiger partial charge is 0.497 e. The average Bonchev–Trinajstić information content (AvgIpc) is 2.46. The number of benzene rings is 2. The van der Waals surface area contributed by atoms with Crippen LogP contribution < -0.4 is 4.74 Å². The fourth-order valence-corrected chi connectivity index (χ4v) is 2.49. The first kappa shape index (κ1) is 14.6. The van der Waals surface area contributed by atoms with Gasteiger partial charge in [-0.05, 0) is 61.1 Å². The van der Waals surface area contributed by atoms with Crippen LogP contribution in [0.2, 0.25) is 0 Å². The highest BCUT2D eigenvalue weighted by atomic mass is 16.5. The zero-order valence-corrected chi connectivity index (χ0v) is 12.4. The lowest BCUT2D eigenvalue weighted by molar-refractivity contribution is 0.167. The molecule has 106 valence electrons. The van der Waals surface area contributed by atoms with Gasteiger partial charge in [0.1, 0.15) is 5.75 Å². The molecule has 20 heavy (non-hydrogen) atoms. The number of aliphatic hydroxyl groups is 1. The smallest absolute Gasteiger partial charge is 0.119 e. The van der Waals surface area contributed by atoms with E-state index in [4.69, 9.17) is 4.74 Å². The predicted molar refractivity (Wildman–Crippen MR) is 82.2 cm³/mol. The molecular weight excluding hydrogens is 248 g/mol. The summed E-state index contributed by atoms with van der Waals surface area (Å²) in [5.74, 6) is 0.831. The van der Waals surface area contributed by atoms with Crippen LogP contribution in [-0.2, 0) is 6.42 Å². The molecule has 0 aliphatic heterocycles. The molecule has 0 aromatic heterocycles. The van der Waals surface area contributed by atoms with Crippen molar-refractivity contribution < 1.29 is 9.84 Å². The third kappa shape index (κ3) is 3.40. The van der Waals surface area contributed by atoms with E-state index in [-0.39, 0.29) is 0 Å². The molecule has 0 bridgehead atoms. The molecule has 0 saturated carbocycles. The molecule has 0 amide bonds. The Morgan fingerprint density at radius 1 is 1.05 bits per heavy atom. The maximum absolute atomic E-state index is 10.4. The van der Waals surface area contributed by atoms with Gasteiger partial charge in [-0.2, -0.15) is 0 Å². The van der Waals surface area contributed by atoms with Crippen molar-refractivity contribution in [3.8, 4) is 5.75 Å². The van der Waals surface area contributed by atoms with Crippen LogP contribution in [0.4, 0.5) is 0 Å². The van der Waals surface area contributed by atoms with Gasteiger partial charge in [0.2, 0.25) is 0 Å². The zero-order chi connectivity index (χ0) is 14.5. The summed E-state index contributed by atoms with van der Waals surface area (Å²) >= 11 is 0. The van der Waals surface area contributed by atoms with E-state index in [9.17, 15) is 5.11 Å². The van der Waals surface area contributed by atoms with E-state index >= 15 is 0 Å². The van der Waals surface area contributed by atoms with Gasteiger partial charge >= 0.3 is 0 Å². The molecule has 0 fully saturated rings. The Bertz CT molecular complexity index is 575. The van der Waals surface area contributed by atoms with Gasteiger partial charge < -0.3 is 9.84 Å². The fourth-order valence-electron chi connectivity index (χ4n) is 2.49. The second kappa shape index (κ2) is 6.58. The third-order valence-corrected chi connectivity index (χ3v) is 3.78. The maximum atomic E-state index is 10.4. The van der Waals surface area contributed by atoms with E-state index < -0.39 is 6.10 Å². The van der Waals surface area contributed by atoms with Crippen molar-refractivity contribution in [2.24, 2.45) is 0 Å². The summed E-state index contributed by atoms with van der Waals surface area (Å²) in [6.45, 7) is 4.12. The van der Waals surface area contributed by atoms with Gasteiger partial charge in [-0.1, -0.05) is 30.3 Å². The molecule has 1 atom stereocenters. The first-order valence-corrected chi connectivity index (χ1v) is 6.99. The van der Waals surface area contributed by atoms with Crippen molar-refractivity contribution in [2.75, 3.05) is 7.11 Å². The summed E-state index contributed by atoms with van der Waals surface area (Å²) in [5, 5.41) is 10.4. The lowest BCUT2D eigenvalue weighted by Crippen LogP contribution is -2.03. The van der Waals surface area contributed by atoms with Crippen molar-refractivity contribution in [1.82, 2.24) is 0 Å². The number of ether oxygens (including phenoxy) is 1. The third-order valence-electron chi connectivity index (χ3n) is 3.78. The number of aryl methyl sites for hydroxylation is 3. The minimum absolute atomic E-state index is 0.430. The first-order chi connectivity index (χ1) is 9.61. The van der Waals surface area contributed by atoms with Crippen molar-refractivity contribution >= 4 is 0 Å². The monoisotopic (exact) mass is 270 g/mol. The van der Waals surface area contributed by atoms with Gasteiger partial charge in [-0.15, -0.1) is 0 Å². The lowest BCUT2D eigenvalue weighted by Gasteiger charge is -2.15. The molecule has 2 aromatic rings. The van der Waals surface area contributed by atoms with E-state index in [1.165, 1.54) is 11.1 Å². The summed E-state index contributed by atoms with van der Waals surface area (Å²) in [6, 6.07) is 14.2. The highest BCUT2D eigenvalue weighted by molar-refractivity contribution is 5.36. The second-order valence-electron chi connectivity index (χ2n) is 5.20. The molecule has 2 heteroatoms. The van der Waals surface area contributed by atoms with Gasteiger partial charge in [0.25, 0.3) is 0 Å². The minimum atomic E-state index is -0.430. The van der Waals surface area contributed by atoms with Crippen LogP contribution in [0, 0.1) is 13.8 Å². The van der Waals surface area contributed by atoms with E-state index in [1.807, 2.05) is 37.3 Å². The number of rotatable bonds is 5. The molecule has 1 N–H and O–H groups in total. The summed E-state index contributed by atoms with van der Waals surface area (Å²) in [7, 11) is 1.66. The summed E-state index contributed by atoms with van der Waals surface area (Å²) in [6.07, 6.45) is 1.19. The van der Waals surface area contributed by atoms with Crippen molar-refractivity contribution in [3.05, 3.63) is 64.7 Å². The van der Waals surface area contributed by atoms with Crippen LogP contribution in [-0.4, -0.2) is 12.2 Å². The normalized spacial score (nSPS) is 12.2. The predicted octanol–water partition coefficient (Wildman–Crippen LogP) is 3.98. The number of hydrogen-bond donors (Lipinski definition) is 1. The van der Waals surface area contributed by atoms with E-state index in [1.54, 1.807) is 7.11 Å². The Balaban J connectivity index is 2.05. The molecule has 2 nitrogen and oxygen atoms in total. The standard InChI is InChI=1S/C18H22O2/c1-13-6-4-5-7-15(13)8-11-18(19)17-10-9-16(20-3)12-14(17)2/h4-7,9-10,12,18-19H,8,11H2,1-3H3. The molecule has 1 unspecified atom stereocenters. The van der Waals surface area contributed by atoms with Crippen LogP contribution in [0.5, 0.6) is 5.75 Å². The topological polar surface area (TPSA) is 29.5 Å². The molecule has 2 rings (SSSR count). The average molecular weight is 270 g/mol. The molecule has 0 spiro atoms. The van der Waals surface area contributed by atoms with Crippen LogP contribution >= 0.6 is 0 Å². The van der Waals surface area contributed by atoms with Crippen LogP contribution in [0.25, 0.3) is 0 Å². The Hall–Kier alpha value is -1.80. The highest BCUT2D eigenvalue weighted by Gasteiger charge is 2.11. The number of methoxy groups -OCH3 is 1. The van der Waals surface area contributed by atoms with Crippen molar-refractivity contribution in [1.29, 1.82) is 0 Å². The Morgan fingerprint density at radius 3 is 2.45 bits per heavy atom. The molecule has 0 saturated heterocycles. The quantitative estimate of drug-likeness (QED) is 0.890. The Morgan fingerprint density at radius 2 is 1.80 bits per heavy atom. The Labute approximate surface area is 121 Å². The highest BCUT2D eigenvalue weighted by Crippen LogP contribution is 2.26. The maximum Gasteiger partial charge on any atom is 0.119 e. The Kier molecular flexibility index (Phi) is 4.80. The second-order valence-corrected chi connectivity index (χ2v) is 5.20. The molecular formula is C18H22O2. The SMILES string of the molecule is COc1ccc(C(O)CCc2ccccc2C)c(C)c1. The van der Waals surface area contributed by atoms with Gasteiger partial charge in [-0.25, -0.2) is 0 Å². The first-order valence-electron chi connectivity index (χ1n) is 6.99. The van der Waals surface area contributed by atoms with E-state index in [0.29, 0.717) is 0 Å². The van der Waals surface area contributed by atoms with Crippen LogP contribution in [0.15, 0.2) is 42.5 Å². The summed E-state index contributed by atoms with van der Waals surface area (Å²) < 4.78 is 5.19. The summed E-state index contributed by atoms with van der Waals surface area (Å²) in [4.78, 5) is 0. The minimum Gasteiger partial charge on any atom is -0.497 e. The van der Waals surface area contributed by atoms with Gasteiger partial charge in [0.05, 0.1) is 13.2 Å². The summed E-state index contributed by atoms with van der Waals surface area (Å²) in [5.41, 5.74) is 4.64. The molecule has 0 aliphatic carbocycles. The van der Waals surface area contributed by atoms with Crippen molar-refractivity contribution in [2.45, 2.75) is 32.8 Å². The van der Waals surface area contributed by atoms with Crippen LogP contribution in [0.3, 0.4) is 0 Å². The number of hydrogen-bond acceptors (Lipinski definition) is 2. The molecule has 0 heterocycles. The molecule has 0 radical (unpaired) electrons. The van der Waals surface area contributed by atoms with Gasteiger partial charge in [-0.3, -0.25) is 0 Å². The van der Waals surface area contributed by atoms with Gasteiger partial charge in [0, 0.05) is 0 Å². The van der Waals surface area contributed by atoms with Gasteiger partial charge in [0.15, 0.2) is 0 Å². The van der Waals surface area contributed by atoms with E-state index in [0.717, 1.165) is 29.7 Å². The van der Waals surface area contributed by atoms with E-state index in [2.05, 4.69) is 19.1 Å².